The maximum absolute atomic E-state index is 11.5. The fourth-order valence-corrected chi connectivity index (χ4v) is 2.95. The van der Waals surface area contributed by atoms with Gasteiger partial charge in [-0.15, -0.1) is 5.54 Å². The molecular formula is C22H33NO3Si. The first-order chi connectivity index (χ1) is 12.8. The Morgan fingerprint density at radius 2 is 1.93 bits per heavy atom. The molecule has 5 heteroatoms. The van der Waals surface area contributed by atoms with Crippen LogP contribution < -0.4 is 0 Å². The van der Waals surface area contributed by atoms with Crippen molar-refractivity contribution in [1.82, 2.24) is 4.90 Å². The Labute approximate surface area is 165 Å². The molecule has 0 saturated carbocycles. The monoisotopic (exact) mass is 387 g/mol. The topological polar surface area (TPSA) is 38.8 Å². The summed E-state index contributed by atoms with van der Waals surface area (Å²) in [5, 5.41) is 0. The Kier molecular flexibility index (Phi) is 10.5. The first kappa shape index (κ1) is 23.0. The third kappa shape index (κ3) is 11.3. The van der Waals surface area contributed by atoms with E-state index in [1.807, 2.05) is 25.1 Å². The van der Waals surface area contributed by atoms with Crippen LogP contribution in [0.5, 0.6) is 0 Å². The second-order valence-corrected chi connectivity index (χ2v) is 12.1. The zero-order chi connectivity index (χ0) is 20.1. The summed E-state index contributed by atoms with van der Waals surface area (Å²) in [5.41, 5.74) is 4.69. The number of carbonyl (C=O) groups is 1. The van der Waals surface area contributed by atoms with E-state index in [0.29, 0.717) is 13.0 Å². The summed E-state index contributed by atoms with van der Waals surface area (Å²) < 4.78 is 10.1. The minimum Gasteiger partial charge on any atom is -0.435 e. The molecule has 0 fully saturated rings. The molecular weight excluding hydrogens is 354 g/mol. The molecule has 0 radical (unpaired) electrons. The smallest absolute Gasteiger partial charge is 0.435 e. The van der Waals surface area contributed by atoms with Gasteiger partial charge in [-0.3, -0.25) is 4.90 Å². The largest absolute Gasteiger partial charge is 0.508 e. The van der Waals surface area contributed by atoms with Crippen molar-refractivity contribution in [2.75, 3.05) is 19.7 Å². The van der Waals surface area contributed by atoms with Crippen LogP contribution in [0.25, 0.3) is 0 Å². The lowest BCUT2D eigenvalue weighted by molar-refractivity contribution is 0.0394. The molecule has 0 N–H and O–H groups in total. The molecule has 0 spiro atoms. The highest BCUT2D eigenvalue weighted by Gasteiger charge is 2.11. The molecule has 0 saturated heterocycles. The number of carbonyl (C=O) groups excluding carboxylic acids is 1. The molecule has 1 rings (SSSR count). The Morgan fingerprint density at radius 1 is 1.22 bits per heavy atom. The highest BCUT2D eigenvalue weighted by molar-refractivity contribution is 6.83. The second-order valence-electron chi connectivity index (χ2n) is 7.38. The predicted octanol–water partition coefficient (Wildman–Crippen LogP) is 4.88. The molecule has 1 aromatic carbocycles. The predicted molar refractivity (Wildman–Crippen MR) is 114 cm³/mol. The number of hydrogen-bond acceptors (Lipinski definition) is 4. The van der Waals surface area contributed by atoms with Crippen LogP contribution in [-0.2, 0) is 16.0 Å². The van der Waals surface area contributed by atoms with E-state index in [4.69, 9.17) is 9.47 Å². The molecule has 0 aliphatic heterocycles. The molecule has 0 aromatic heterocycles. The van der Waals surface area contributed by atoms with Gasteiger partial charge in [-0.25, -0.2) is 4.79 Å². The van der Waals surface area contributed by atoms with Crippen molar-refractivity contribution in [1.29, 1.82) is 0 Å². The summed E-state index contributed by atoms with van der Waals surface area (Å²) in [7, 11) is -1.37. The molecule has 4 nitrogen and oxygen atoms in total. The Morgan fingerprint density at radius 3 is 2.52 bits per heavy atom. The number of hydrogen-bond donors (Lipinski definition) is 0. The van der Waals surface area contributed by atoms with Crippen molar-refractivity contribution in [2.45, 2.75) is 52.6 Å². The number of ether oxygens (including phenoxy) is 2. The fourth-order valence-electron chi connectivity index (χ4n) is 2.34. The van der Waals surface area contributed by atoms with Crippen molar-refractivity contribution in [3.63, 3.8) is 0 Å². The van der Waals surface area contributed by atoms with Crippen molar-refractivity contribution < 1.29 is 14.3 Å². The van der Waals surface area contributed by atoms with Crippen LogP contribution in [0, 0.1) is 11.5 Å². The maximum Gasteiger partial charge on any atom is 0.508 e. The molecule has 148 valence electrons. The van der Waals surface area contributed by atoms with Crippen LogP contribution >= 0.6 is 0 Å². The summed E-state index contributed by atoms with van der Waals surface area (Å²) in [6, 6.07) is 10.4. The summed E-state index contributed by atoms with van der Waals surface area (Å²) >= 11 is 0. The summed E-state index contributed by atoms with van der Waals surface area (Å²) in [5.74, 6) is 3.35. The summed E-state index contributed by atoms with van der Waals surface area (Å²) in [4.78, 5) is 13.8. The Bertz CT molecular complexity index is 641. The highest BCUT2D eigenvalue weighted by Crippen LogP contribution is 2.06. The van der Waals surface area contributed by atoms with Gasteiger partial charge >= 0.3 is 6.16 Å². The molecule has 0 aliphatic rings. The van der Waals surface area contributed by atoms with E-state index in [-0.39, 0.29) is 6.10 Å². The molecule has 0 heterocycles. The van der Waals surface area contributed by atoms with Gasteiger partial charge in [0.1, 0.15) is 14.2 Å². The zero-order valence-corrected chi connectivity index (χ0v) is 18.3. The average molecular weight is 388 g/mol. The SMILES string of the molecule is CCOC(=O)O[C@H](/C=C/CN(CC#C[Si](C)(C)C)Cc1ccccc1)CC. The van der Waals surface area contributed by atoms with Crippen LogP contribution in [0.4, 0.5) is 4.79 Å². The van der Waals surface area contributed by atoms with Gasteiger partial charge in [-0.1, -0.05) is 68.9 Å². The molecule has 0 aliphatic carbocycles. The van der Waals surface area contributed by atoms with Crippen LogP contribution in [-0.4, -0.2) is 44.9 Å². The first-order valence-electron chi connectivity index (χ1n) is 9.60. The van der Waals surface area contributed by atoms with Crippen LogP contribution in [0.2, 0.25) is 19.6 Å². The Hall–Kier alpha value is -2.03. The van der Waals surface area contributed by atoms with Crippen molar-refractivity contribution in [2.24, 2.45) is 0 Å². The van der Waals surface area contributed by atoms with Gasteiger partial charge in [-0.2, -0.15) is 0 Å². The van der Waals surface area contributed by atoms with Crippen LogP contribution in [0.1, 0.15) is 25.8 Å². The number of rotatable bonds is 9. The van der Waals surface area contributed by atoms with Crippen molar-refractivity contribution >= 4 is 14.2 Å². The highest BCUT2D eigenvalue weighted by atomic mass is 28.3. The quantitative estimate of drug-likeness (QED) is 0.262. The molecule has 1 atom stereocenters. The third-order valence-corrected chi connectivity index (χ3v) is 4.57. The lowest BCUT2D eigenvalue weighted by Gasteiger charge is -2.19. The van der Waals surface area contributed by atoms with E-state index >= 15 is 0 Å². The maximum atomic E-state index is 11.5. The minimum absolute atomic E-state index is 0.268. The van der Waals surface area contributed by atoms with Crippen LogP contribution in [0.3, 0.4) is 0 Å². The molecule has 1 aromatic rings. The molecule has 27 heavy (non-hydrogen) atoms. The van der Waals surface area contributed by atoms with Crippen molar-refractivity contribution in [3.05, 3.63) is 48.0 Å². The minimum atomic E-state index is -1.37. The lowest BCUT2D eigenvalue weighted by atomic mass is 10.2. The van der Waals surface area contributed by atoms with Crippen molar-refractivity contribution in [3.8, 4) is 11.5 Å². The van der Waals surface area contributed by atoms with Gasteiger partial charge in [0.15, 0.2) is 0 Å². The van der Waals surface area contributed by atoms with E-state index in [1.165, 1.54) is 5.56 Å². The van der Waals surface area contributed by atoms with Crippen LogP contribution in [0.15, 0.2) is 42.5 Å². The van der Waals surface area contributed by atoms with E-state index in [2.05, 4.69) is 60.3 Å². The van der Waals surface area contributed by atoms with E-state index in [9.17, 15) is 4.79 Å². The van der Waals surface area contributed by atoms with Gasteiger partial charge in [-0.05, 0) is 25.0 Å². The van der Waals surface area contributed by atoms with E-state index < -0.39 is 14.2 Å². The normalized spacial score (nSPS) is 12.5. The number of benzene rings is 1. The molecule has 0 unspecified atom stereocenters. The van der Waals surface area contributed by atoms with Gasteiger partial charge in [0.05, 0.1) is 13.2 Å². The molecule has 0 amide bonds. The first-order valence-corrected chi connectivity index (χ1v) is 13.1. The molecule has 0 bridgehead atoms. The standard InChI is InChI=1S/C22H33NO3Si/c1-6-21(26-22(24)25-7-2)15-11-16-23(17-12-18-27(3,4)5)19-20-13-9-8-10-14-20/h8-11,13-15,21H,6-7,16-17,19H2,1-5H3/b15-11+/t21-/m0/s1. The lowest BCUT2D eigenvalue weighted by Crippen LogP contribution is -2.25. The van der Waals surface area contributed by atoms with Gasteiger partial charge in [0.2, 0.25) is 0 Å². The van der Waals surface area contributed by atoms with Gasteiger partial charge < -0.3 is 9.47 Å². The summed E-state index contributed by atoms with van der Waals surface area (Å²) in [6.07, 6.45) is 3.81. The fraction of sp³-hybridized carbons (Fsp3) is 0.500. The Balaban J connectivity index is 2.70. The number of nitrogens with zero attached hydrogens (tertiary/aromatic N) is 1. The third-order valence-electron chi connectivity index (χ3n) is 3.64. The second kappa shape index (κ2) is 12.4. The van der Waals surface area contributed by atoms with E-state index in [1.54, 1.807) is 6.92 Å². The van der Waals surface area contributed by atoms with E-state index in [0.717, 1.165) is 19.6 Å². The zero-order valence-electron chi connectivity index (χ0n) is 17.3. The summed E-state index contributed by atoms with van der Waals surface area (Å²) in [6.45, 7) is 13.1. The average Bonchev–Trinajstić information content (AvgIpc) is 2.60. The van der Waals surface area contributed by atoms with Gasteiger partial charge in [0, 0.05) is 13.1 Å². The van der Waals surface area contributed by atoms with Gasteiger partial charge in [0.25, 0.3) is 0 Å².